The highest BCUT2D eigenvalue weighted by molar-refractivity contribution is 9.10. The van der Waals surface area contributed by atoms with E-state index in [2.05, 4.69) is 21.2 Å². The quantitative estimate of drug-likeness (QED) is 0.396. The largest absolute Gasteiger partial charge is 0.490 e. The van der Waals surface area contributed by atoms with Crippen LogP contribution in [0, 0.1) is 5.82 Å². The Morgan fingerprint density at radius 2 is 1.82 bits per heavy atom. The second-order valence-electron chi connectivity index (χ2n) is 6.09. The van der Waals surface area contributed by atoms with Gasteiger partial charge in [-0.05, 0) is 70.4 Å². The van der Waals surface area contributed by atoms with Gasteiger partial charge < -0.3 is 14.8 Å². The number of hydrogen-bond acceptors (Lipinski definition) is 3. The molecule has 0 amide bonds. The third-order valence-corrected chi connectivity index (χ3v) is 4.92. The van der Waals surface area contributed by atoms with Crippen molar-refractivity contribution in [2.45, 2.75) is 20.1 Å². The van der Waals surface area contributed by atoms with Crippen molar-refractivity contribution in [2.24, 2.45) is 0 Å². The predicted molar refractivity (Wildman–Crippen MR) is 115 cm³/mol. The van der Waals surface area contributed by atoms with Gasteiger partial charge in [-0.15, -0.1) is 0 Å². The van der Waals surface area contributed by atoms with Crippen LogP contribution >= 0.6 is 27.5 Å². The number of anilines is 1. The first-order valence-electron chi connectivity index (χ1n) is 8.87. The zero-order valence-corrected chi connectivity index (χ0v) is 17.7. The Kier molecular flexibility index (Phi) is 7.18. The molecule has 28 heavy (non-hydrogen) atoms. The first kappa shape index (κ1) is 20.5. The molecule has 3 aromatic carbocycles. The molecule has 0 radical (unpaired) electrons. The molecular formula is C22H20BrClFNO2. The Balaban J connectivity index is 1.76. The zero-order chi connectivity index (χ0) is 19.9. The predicted octanol–water partition coefficient (Wildman–Crippen LogP) is 6.83. The maximum atomic E-state index is 13.4. The molecule has 3 aromatic rings. The molecule has 0 aliphatic rings. The second-order valence-corrected chi connectivity index (χ2v) is 7.35. The Hall–Kier alpha value is -2.24. The molecule has 0 fully saturated rings. The van der Waals surface area contributed by atoms with Crippen LogP contribution in [0.2, 0.25) is 5.02 Å². The molecule has 0 saturated carbocycles. The number of ether oxygens (including phenoxy) is 2. The van der Waals surface area contributed by atoms with Crippen LogP contribution in [0.25, 0.3) is 0 Å². The van der Waals surface area contributed by atoms with Gasteiger partial charge in [0.05, 0.1) is 21.8 Å². The Labute approximate surface area is 177 Å². The van der Waals surface area contributed by atoms with E-state index in [9.17, 15) is 4.39 Å². The molecule has 0 heterocycles. The standard InChI is InChI=1S/C22H20BrClFNO2/c1-2-27-21-12-16(13-26-20-9-4-3-8-19(20)24)11-18(23)22(21)28-14-15-6-5-7-17(25)10-15/h3-12,26H,2,13-14H2,1H3. The fraction of sp³-hybridized carbons (Fsp3) is 0.182. The summed E-state index contributed by atoms with van der Waals surface area (Å²) in [6.45, 7) is 3.24. The Bertz CT molecular complexity index is 952. The van der Waals surface area contributed by atoms with Crippen LogP contribution in [0.3, 0.4) is 0 Å². The number of rotatable bonds is 8. The lowest BCUT2D eigenvalue weighted by Crippen LogP contribution is -2.04. The molecular weight excluding hydrogens is 445 g/mol. The van der Waals surface area contributed by atoms with Gasteiger partial charge in [-0.25, -0.2) is 4.39 Å². The minimum atomic E-state index is -0.286. The van der Waals surface area contributed by atoms with Crippen molar-refractivity contribution in [1.82, 2.24) is 0 Å². The van der Waals surface area contributed by atoms with E-state index < -0.39 is 0 Å². The van der Waals surface area contributed by atoms with Gasteiger partial charge in [0.2, 0.25) is 0 Å². The monoisotopic (exact) mass is 463 g/mol. The third-order valence-electron chi connectivity index (χ3n) is 4.00. The number of halogens is 3. The maximum absolute atomic E-state index is 13.4. The molecule has 146 valence electrons. The van der Waals surface area contributed by atoms with Crippen LogP contribution in [-0.4, -0.2) is 6.61 Å². The van der Waals surface area contributed by atoms with Crippen LogP contribution < -0.4 is 14.8 Å². The summed E-state index contributed by atoms with van der Waals surface area (Å²) in [4.78, 5) is 0. The summed E-state index contributed by atoms with van der Waals surface area (Å²) in [5.41, 5.74) is 2.62. The highest BCUT2D eigenvalue weighted by Gasteiger charge is 2.13. The highest BCUT2D eigenvalue weighted by atomic mass is 79.9. The van der Waals surface area contributed by atoms with Crippen LogP contribution in [0.1, 0.15) is 18.1 Å². The molecule has 3 rings (SSSR count). The zero-order valence-electron chi connectivity index (χ0n) is 15.3. The summed E-state index contributed by atoms with van der Waals surface area (Å²) in [6.07, 6.45) is 0. The molecule has 0 bridgehead atoms. The summed E-state index contributed by atoms with van der Waals surface area (Å²) in [5, 5.41) is 3.99. The Morgan fingerprint density at radius 1 is 1.00 bits per heavy atom. The minimum absolute atomic E-state index is 0.244. The molecule has 1 N–H and O–H groups in total. The van der Waals surface area contributed by atoms with Gasteiger partial charge in [-0.2, -0.15) is 0 Å². The summed E-state index contributed by atoms with van der Waals surface area (Å²) >= 11 is 9.76. The minimum Gasteiger partial charge on any atom is -0.490 e. The van der Waals surface area contributed by atoms with Crippen molar-refractivity contribution in [3.8, 4) is 11.5 Å². The van der Waals surface area contributed by atoms with Crippen molar-refractivity contribution in [2.75, 3.05) is 11.9 Å². The molecule has 0 aromatic heterocycles. The van der Waals surface area contributed by atoms with Crippen molar-refractivity contribution >= 4 is 33.2 Å². The third kappa shape index (κ3) is 5.40. The summed E-state index contributed by atoms with van der Waals surface area (Å²) in [5.74, 6) is 0.933. The lowest BCUT2D eigenvalue weighted by Gasteiger charge is -2.16. The fourth-order valence-electron chi connectivity index (χ4n) is 2.71. The first-order chi connectivity index (χ1) is 13.6. The van der Waals surface area contributed by atoms with Crippen molar-refractivity contribution in [1.29, 1.82) is 0 Å². The average Bonchev–Trinajstić information content (AvgIpc) is 2.67. The van der Waals surface area contributed by atoms with Gasteiger partial charge in [0, 0.05) is 6.54 Å². The first-order valence-corrected chi connectivity index (χ1v) is 10.0. The molecule has 0 aliphatic heterocycles. The summed E-state index contributed by atoms with van der Waals surface area (Å²) in [6, 6.07) is 17.8. The molecule has 0 saturated heterocycles. The molecule has 0 atom stereocenters. The molecule has 0 spiro atoms. The van der Waals surface area contributed by atoms with E-state index in [4.69, 9.17) is 21.1 Å². The molecule has 0 aliphatic carbocycles. The number of nitrogens with one attached hydrogen (secondary N) is 1. The van der Waals surface area contributed by atoms with E-state index in [0.717, 1.165) is 21.3 Å². The van der Waals surface area contributed by atoms with Gasteiger partial charge in [0.15, 0.2) is 11.5 Å². The van der Waals surface area contributed by atoms with E-state index in [-0.39, 0.29) is 12.4 Å². The van der Waals surface area contributed by atoms with Crippen molar-refractivity contribution < 1.29 is 13.9 Å². The Morgan fingerprint density at radius 3 is 2.57 bits per heavy atom. The lowest BCUT2D eigenvalue weighted by atomic mass is 10.2. The van der Waals surface area contributed by atoms with Gasteiger partial charge >= 0.3 is 0 Å². The van der Waals surface area contributed by atoms with Gasteiger partial charge in [-0.1, -0.05) is 35.9 Å². The van der Waals surface area contributed by atoms with Gasteiger partial charge in [0.1, 0.15) is 12.4 Å². The van der Waals surface area contributed by atoms with Crippen LogP contribution in [0.5, 0.6) is 11.5 Å². The topological polar surface area (TPSA) is 30.5 Å². The smallest absolute Gasteiger partial charge is 0.175 e. The number of benzene rings is 3. The van der Waals surface area contributed by atoms with Gasteiger partial charge in [-0.3, -0.25) is 0 Å². The molecule has 0 unspecified atom stereocenters. The molecule has 6 heteroatoms. The number of para-hydroxylation sites is 1. The lowest BCUT2D eigenvalue weighted by molar-refractivity contribution is 0.267. The average molecular weight is 465 g/mol. The van der Waals surface area contributed by atoms with E-state index in [1.807, 2.05) is 49.4 Å². The van der Waals surface area contributed by atoms with Gasteiger partial charge in [0.25, 0.3) is 0 Å². The maximum Gasteiger partial charge on any atom is 0.175 e. The SMILES string of the molecule is CCOc1cc(CNc2ccccc2Cl)cc(Br)c1OCc1cccc(F)c1. The normalized spacial score (nSPS) is 10.6. The van der Waals surface area contributed by atoms with E-state index in [1.165, 1.54) is 12.1 Å². The summed E-state index contributed by atoms with van der Waals surface area (Å²) in [7, 11) is 0. The van der Waals surface area contributed by atoms with Crippen LogP contribution in [0.15, 0.2) is 65.1 Å². The van der Waals surface area contributed by atoms with E-state index in [0.29, 0.717) is 29.7 Å². The second kappa shape index (κ2) is 9.80. The summed E-state index contributed by atoms with van der Waals surface area (Å²) < 4.78 is 25.8. The van der Waals surface area contributed by atoms with Crippen molar-refractivity contribution in [3.05, 3.63) is 87.1 Å². The highest BCUT2D eigenvalue weighted by Crippen LogP contribution is 2.38. The number of hydrogen-bond donors (Lipinski definition) is 1. The fourth-order valence-corrected chi connectivity index (χ4v) is 3.52. The molecule has 3 nitrogen and oxygen atoms in total. The van der Waals surface area contributed by atoms with Crippen LogP contribution in [0.4, 0.5) is 10.1 Å². The van der Waals surface area contributed by atoms with E-state index in [1.54, 1.807) is 6.07 Å². The van der Waals surface area contributed by atoms with Crippen LogP contribution in [-0.2, 0) is 13.2 Å². The van der Waals surface area contributed by atoms with E-state index >= 15 is 0 Å². The van der Waals surface area contributed by atoms with Crippen molar-refractivity contribution in [3.63, 3.8) is 0 Å².